The minimum Gasteiger partial charge on any atom is -0.444 e. The average Bonchev–Trinajstić information content (AvgIpc) is 2.64. The van der Waals surface area contributed by atoms with Crippen LogP contribution in [0.3, 0.4) is 0 Å². The van der Waals surface area contributed by atoms with Gasteiger partial charge in [0.15, 0.2) is 0 Å². The second-order valence-corrected chi connectivity index (χ2v) is 7.24. The van der Waals surface area contributed by atoms with E-state index < -0.39 is 5.60 Å². The van der Waals surface area contributed by atoms with Crippen LogP contribution in [0.4, 0.5) is 4.79 Å². The molecular weight excluding hydrogens is 264 g/mol. The van der Waals surface area contributed by atoms with E-state index in [4.69, 9.17) is 4.74 Å². The zero-order valence-corrected chi connectivity index (χ0v) is 13.7. The number of ether oxygens (including phenoxy) is 1. The molecule has 4 heteroatoms. The third kappa shape index (κ3) is 5.70. The number of amides is 1. The van der Waals surface area contributed by atoms with Crippen LogP contribution in [-0.4, -0.2) is 41.8 Å². The number of allylic oxidation sites excluding steroid dienone is 1. The maximum atomic E-state index is 12.1. The fourth-order valence-corrected chi connectivity index (χ4v) is 3.05. The van der Waals surface area contributed by atoms with E-state index in [0.717, 1.165) is 38.8 Å². The number of hydrogen-bond donors (Lipinski definition) is 1. The van der Waals surface area contributed by atoms with Gasteiger partial charge in [-0.3, -0.25) is 0 Å². The molecule has 21 heavy (non-hydrogen) atoms. The Bertz CT molecular complexity index is 373. The monoisotopic (exact) mass is 294 g/mol. The first-order valence-electron chi connectivity index (χ1n) is 8.33. The van der Waals surface area contributed by atoms with Crippen LogP contribution >= 0.6 is 0 Å². The summed E-state index contributed by atoms with van der Waals surface area (Å²) in [6.45, 7) is 7.38. The van der Waals surface area contributed by atoms with Crippen molar-refractivity contribution in [3.63, 3.8) is 0 Å². The van der Waals surface area contributed by atoms with Crippen LogP contribution in [0.15, 0.2) is 12.2 Å². The highest BCUT2D eigenvalue weighted by molar-refractivity contribution is 5.68. The molecule has 2 rings (SSSR count). The molecule has 1 saturated heterocycles. The van der Waals surface area contributed by atoms with E-state index in [1.165, 1.54) is 12.8 Å². The maximum Gasteiger partial charge on any atom is 0.410 e. The highest BCUT2D eigenvalue weighted by Gasteiger charge is 2.26. The van der Waals surface area contributed by atoms with E-state index in [9.17, 15) is 4.79 Å². The summed E-state index contributed by atoms with van der Waals surface area (Å²) >= 11 is 0. The molecular formula is C17H30N2O2. The first-order valence-corrected chi connectivity index (χ1v) is 8.33. The fraction of sp³-hybridized carbons (Fsp3) is 0.824. The molecule has 0 saturated carbocycles. The van der Waals surface area contributed by atoms with E-state index in [1.807, 2.05) is 25.7 Å². The highest BCUT2D eigenvalue weighted by atomic mass is 16.6. The Morgan fingerprint density at radius 2 is 1.95 bits per heavy atom. The van der Waals surface area contributed by atoms with Crippen molar-refractivity contribution >= 4 is 6.09 Å². The van der Waals surface area contributed by atoms with Crippen LogP contribution in [0.25, 0.3) is 0 Å². The van der Waals surface area contributed by atoms with Crippen molar-refractivity contribution in [2.24, 2.45) is 0 Å². The first-order chi connectivity index (χ1) is 9.94. The number of likely N-dealkylation sites (tertiary alicyclic amines) is 1. The van der Waals surface area contributed by atoms with Crippen molar-refractivity contribution in [3.05, 3.63) is 12.2 Å². The lowest BCUT2D eigenvalue weighted by Crippen LogP contribution is -2.40. The highest BCUT2D eigenvalue weighted by Crippen LogP contribution is 2.18. The van der Waals surface area contributed by atoms with Crippen LogP contribution in [0, 0.1) is 0 Å². The number of rotatable bonds is 2. The number of nitrogens with zero attached hydrogens (tertiary/aromatic N) is 1. The van der Waals surface area contributed by atoms with Gasteiger partial charge in [0.2, 0.25) is 0 Å². The Kier molecular flexibility index (Phi) is 5.68. The molecule has 0 aromatic carbocycles. The standard InChI is InChI=1S/C17H30N2O2/c1-17(2,3)21-16(20)19-12-7-10-15(11-13-19)18-14-8-5-4-6-9-14/h4-5,14-15,18H,6-13H2,1-3H3. The summed E-state index contributed by atoms with van der Waals surface area (Å²) in [7, 11) is 0. The predicted octanol–water partition coefficient (Wildman–Crippen LogP) is 3.47. The Morgan fingerprint density at radius 1 is 1.14 bits per heavy atom. The molecule has 1 heterocycles. The summed E-state index contributed by atoms with van der Waals surface area (Å²) in [6.07, 6.45) is 11.2. The smallest absolute Gasteiger partial charge is 0.410 e. The number of nitrogens with one attached hydrogen (secondary N) is 1. The Morgan fingerprint density at radius 3 is 2.62 bits per heavy atom. The van der Waals surface area contributed by atoms with E-state index in [-0.39, 0.29) is 6.09 Å². The summed E-state index contributed by atoms with van der Waals surface area (Å²) in [5, 5.41) is 3.78. The normalized spacial score (nSPS) is 27.3. The second kappa shape index (κ2) is 7.30. The summed E-state index contributed by atoms with van der Waals surface area (Å²) in [5.41, 5.74) is -0.407. The van der Waals surface area contributed by atoms with Crippen molar-refractivity contribution in [3.8, 4) is 0 Å². The van der Waals surface area contributed by atoms with E-state index >= 15 is 0 Å². The molecule has 2 unspecified atom stereocenters. The van der Waals surface area contributed by atoms with E-state index in [0.29, 0.717) is 12.1 Å². The summed E-state index contributed by atoms with van der Waals surface area (Å²) in [4.78, 5) is 14.0. The summed E-state index contributed by atoms with van der Waals surface area (Å²) in [5.74, 6) is 0. The topological polar surface area (TPSA) is 41.6 Å². The summed E-state index contributed by atoms with van der Waals surface area (Å²) in [6, 6.07) is 1.15. The van der Waals surface area contributed by atoms with Gasteiger partial charge >= 0.3 is 6.09 Å². The SMILES string of the molecule is CC(C)(C)OC(=O)N1CCCC(NC2CC=CCC2)CC1. The van der Waals surface area contributed by atoms with Gasteiger partial charge in [0.25, 0.3) is 0 Å². The zero-order valence-electron chi connectivity index (χ0n) is 13.7. The molecule has 1 N–H and O–H groups in total. The van der Waals surface area contributed by atoms with Crippen molar-refractivity contribution in [1.82, 2.24) is 10.2 Å². The van der Waals surface area contributed by atoms with Crippen LogP contribution < -0.4 is 5.32 Å². The lowest BCUT2D eigenvalue weighted by molar-refractivity contribution is 0.0256. The molecule has 0 aromatic heterocycles. The van der Waals surface area contributed by atoms with E-state index in [2.05, 4.69) is 17.5 Å². The second-order valence-electron chi connectivity index (χ2n) is 7.24. The van der Waals surface area contributed by atoms with Crippen LogP contribution in [0.5, 0.6) is 0 Å². The lowest BCUT2D eigenvalue weighted by Gasteiger charge is -2.27. The molecule has 2 atom stereocenters. The molecule has 1 amide bonds. The minimum atomic E-state index is -0.407. The van der Waals surface area contributed by atoms with Gasteiger partial charge < -0.3 is 15.0 Å². The quantitative estimate of drug-likeness (QED) is 0.793. The molecule has 0 aromatic rings. The van der Waals surface area contributed by atoms with Crippen LogP contribution in [0.1, 0.15) is 59.3 Å². The Balaban J connectivity index is 1.78. The van der Waals surface area contributed by atoms with Gasteiger partial charge in [-0.2, -0.15) is 0 Å². The zero-order chi connectivity index (χ0) is 15.3. The third-order valence-electron chi connectivity index (χ3n) is 4.12. The van der Waals surface area contributed by atoms with Crippen molar-refractivity contribution in [1.29, 1.82) is 0 Å². The van der Waals surface area contributed by atoms with Gasteiger partial charge in [-0.25, -0.2) is 4.79 Å². The minimum absolute atomic E-state index is 0.163. The molecule has 0 bridgehead atoms. The third-order valence-corrected chi connectivity index (χ3v) is 4.12. The van der Waals surface area contributed by atoms with Crippen molar-refractivity contribution in [2.45, 2.75) is 77.0 Å². The average molecular weight is 294 g/mol. The molecule has 1 aliphatic carbocycles. The lowest BCUT2D eigenvalue weighted by atomic mass is 9.99. The maximum absolute atomic E-state index is 12.1. The molecule has 2 aliphatic rings. The Hall–Kier alpha value is -1.03. The van der Waals surface area contributed by atoms with Gasteiger partial charge in [-0.05, 0) is 59.3 Å². The summed E-state index contributed by atoms with van der Waals surface area (Å²) < 4.78 is 5.48. The number of carbonyl (C=O) groups is 1. The number of carbonyl (C=O) groups excluding carboxylic acids is 1. The molecule has 1 aliphatic heterocycles. The van der Waals surface area contributed by atoms with Gasteiger partial charge in [0.1, 0.15) is 5.60 Å². The van der Waals surface area contributed by atoms with Crippen LogP contribution in [0.2, 0.25) is 0 Å². The fourth-order valence-electron chi connectivity index (χ4n) is 3.05. The molecule has 4 nitrogen and oxygen atoms in total. The van der Waals surface area contributed by atoms with Crippen LogP contribution in [-0.2, 0) is 4.74 Å². The van der Waals surface area contributed by atoms with Crippen molar-refractivity contribution in [2.75, 3.05) is 13.1 Å². The van der Waals surface area contributed by atoms with Gasteiger partial charge in [-0.15, -0.1) is 0 Å². The molecule has 120 valence electrons. The molecule has 0 spiro atoms. The Labute approximate surface area is 128 Å². The van der Waals surface area contributed by atoms with Crippen molar-refractivity contribution < 1.29 is 9.53 Å². The molecule has 0 radical (unpaired) electrons. The van der Waals surface area contributed by atoms with E-state index in [1.54, 1.807) is 0 Å². The molecule has 1 fully saturated rings. The largest absolute Gasteiger partial charge is 0.444 e. The van der Waals surface area contributed by atoms with Gasteiger partial charge in [-0.1, -0.05) is 12.2 Å². The van der Waals surface area contributed by atoms with Gasteiger partial charge in [0, 0.05) is 25.2 Å². The first kappa shape index (κ1) is 16.3. The predicted molar refractivity (Wildman–Crippen MR) is 85.4 cm³/mol. The van der Waals surface area contributed by atoms with Gasteiger partial charge in [0.05, 0.1) is 0 Å². The number of hydrogen-bond acceptors (Lipinski definition) is 3.